The minimum atomic E-state index is 0.103. The predicted molar refractivity (Wildman–Crippen MR) is 128 cm³/mol. The highest BCUT2D eigenvalue weighted by Crippen LogP contribution is 2.39. The molecule has 0 aliphatic carbocycles. The van der Waals surface area contributed by atoms with Crippen molar-refractivity contribution in [2.45, 2.75) is 26.2 Å². The zero-order chi connectivity index (χ0) is 21.2. The maximum atomic E-state index is 6.35. The molecule has 6 aromatic rings. The monoisotopic (exact) mass is 402 g/mol. The second-order valence-corrected chi connectivity index (χ2v) is 9.15. The van der Waals surface area contributed by atoms with E-state index in [0.717, 1.165) is 38.7 Å². The van der Waals surface area contributed by atoms with Gasteiger partial charge < -0.3 is 4.42 Å². The Balaban J connectivity index is 1.67. The minimum Gasteiger partial charge on any atom is -0.452 e. The van der Waals surface area contributed by atoms with E-state index in [2.05, 4.69) is 97.5 Å². The Hall–Kier alpha value is -3.72. The summed E-state index contributed by atoms with van der Waals surface area (Å²) < 4.78 is 6.35. The van der Waals surface area contributed by atoms with Gasteiger partial charge in [0.2, 0.25) is 0 Å². The van der Waals surface area contributed by atoms with E-state index in [-0.39, 0.29) is 5.41 Å². The van der Waals surface area contributed by atoms with E-state index in [1.54, 1.807) is 6.33 Å². The maximum absolute atomic E-state index is 6.35. The molecule has 3 nitrogen and oxygen atoms in total. The molecule has 0 aliphatic heterocycles. The fraction of sp³-hybridized carbons (Fsp3) is 0.143. The van der Waals surface area contributed by atoms with Gasteiger partial charge in [0.15, 0.2) is 5.58 Å². The molecule has 0 fully saturated rings. The molecule has 0 bridgehead atoms. The lowest BCUT2D eigenvalue weighted by molar-refractivity contribution is 0.591. The second kappa shape index (κ2) is 6.39. The molecule has 0 N–H and O–H groups in total. The third kappa shape index (κ3) is 2.73. The maximum Gasteiger partial charge on any atom is 0.180 e. The summed E-state index contributed by atoms with van der Waals surface area (Å²) in [6.07, 6.45) is 1.65. The van der Waals surface area contributed by atoms with Crippen LogP contribution in [0.4, 0.5) is 0 Å². The molecule has 2 aromatic heterocycles. The first-order chi connectivity index (χ1) is 15.0. The van der Waals surface area contributed by atoms with Crippen molar-refractivity contribution in [2.75, 3.05) is 0 Å². The molecule has 3 heteroatoms. The zero-order valence-corrected chi connectivity index (χ0v) is 17.8. The van der Waals surface area contributed by atoms with E-state index >= 15 is 0 Å². The molecule has 150 valence electrons. The first-order valence-electron chi connectivity index (χ1n) is 10.6. The lowest BCUT2D eigenvalue weighted by atomic mass is 9.85. The summed E-state index contributed by atoms with van der Waals surface area (Å²) in [7, 11) is 0. The van der Waals surface area contributed by atoms with Crippen LogP contribution in [0.3, 0.4) is 0 Å². The highest BCUT2D eigenvalue weighted by atomic mass is 16.3. The standard InChI is InChI=1S/C28H22N2O/c1-28(2,3)19-12-13-20-18(15-19)8-6-10-22(20)25-27-26(30-16-29-25)24-21-9-5-4-7-17(21)11-14-23(24)31-27/h4-16H,1-3H3. The molecule has 0 aliphatic rings. The van der Waals surface area contributed by atoms with Gasteiger partial charge in [-0.1, -0.05) is 87.5 Å². The topological polar surface area (TPSA) is 38.9 Å². The van der Waals surface area contributed by atoms with Gasteiger partial charge in [0.05, 0.1) is 5.39 Å². The second-order valence-electron chi connectivity index (χ2n) is 9.15. The molecule has 0 unspecified atom stereocenters. The summed E-state index contributed by atoms with van der Waals surface area (Å²) in [6.45, 7) is 6.72. The number of hydrogen-bond acceptors (Lipinski definition) is 3. The Labute approximate surface area is 180 Å². The van der Waals surface area contributed by atoms with Crippen LogP contribution in [-0.2, 0) is 5.41 Å². The third-order valence-electron chi connectivity index (χ3n) is 6.14. The Kier molecular flexibility index (Phi) is 3.73. The van der Waals surface area contributed by atoms with Gasteiger partial charge in [-0.15, -0.1) is 0 Å². The number of hydrogen-bond donors (Lipinski definition) is 0. The molecule has 0 spiro atoms. The van der Waals surface area contributed by atoms with Gasteiger partial charge in [0.25, 0.3) is 0 Å². The highest BCUT2D eigenvalue weighted by molar-refractivity contribution is 6.19. The van der Waals surface area contributed by atoms with Gasteiger partial charge in [-0.2, -0.15) is 0 Å². The summed E-state index contributed by atoms with van der Waals surface area (Å²) in [5.41, 5.74) is 5.76. The van der Waals surface area contributed by atoms with E-state index in [4.69, 9.17) is 4.42 Å². The van der Waals surface area contributed by atoms with Gasteiger partial charge >= 0.3 is 0 Å². The van der Waals surface area contributed by atoms with Crippen LogP contribution in [0.25, 0.3) is 54.9 Å². The number of nitrogens with zero attached hydrogens (tertiary/aromatic N) is 2. The number of furan rings is 1. The van der Waals surface area contributed by atoms with Gasteiger partial charge in [-0.3, -0.25) is 0 Å². The van der Waals surface area contributed by atoms with Crippen molar-refractivity contribution < 1.29 is 4.42 Å². The molecular formula is C28H22N2O. The SMILES string of the molecule is CC(C)(C)c1ccc2c(-c3ncnc4c3oc3ccc5ccccc5c34)cccc2c1. The summed E-state index contributed by atoms with van der Waals surface area (Å²) in [4.78, 5) is 9.30. The molecule has 0 amide bonds. The molecule has 0 atom stereocenters. The van der Waals surface area contributed by atoms with E-state index < -0.39 is 0 Å². The highest BCUT2D eigenvalue weighted by Gasteiger charge is 2.19. The van der Waals surface area contributed by atoms with E-state index in [1.807, 2.05) is 6.07 Å². The van der Waals surface area contributed by atoms with Crippen LogP contribution in [0.1, 0.15) is 26.3 Å². The number of fused-ring (bicyclic) bond motifs is 6. The Morgan fingerprint density at radius 1 is 0.742 bits per heavy atom. The predicted octanol–water partition coefficient (Wildman–Crippen LogP) is 7.65. The van der Waals surface area contributed by atoms with Crippen LogP contribution in [0.5, 0.6) is 0 Å². The van der Waals surface area contributed by atoms with Crippen molar-refractivity contribution in [3.8, 4) is 11.3 Å². The summed E-state index contributed by atoms with van der Waals surface area (Å²) >= 11 is 0. The van der Waals surface area contributed by atoms with E-state index in [1.165, 1.54) is 21.7 Å². The molecule has 0 radical (unpaired) electrons. The van der Waals surface area contributed by atoms with Crippen molar-refractivity contribution in [3.63, 3.8) is 0 Å². The average Bonchev–Trinajstić information content (AvgIpc) is 3.17. The Bertz CT molecular complexity index is 1620. The van der Waals surface area contributed by atoms with Gasteiger partial charge in [0.1, 0.15) is 23.1 Å². The van der Waals surface area contributed by atoms with Gasteiger partial charge in [-0.25, -0.2) is 9.97 Å². The van der Waals surface area contributed by atoms with Crippen molar-refractivity contribution in [2.24, 2.45) is 0 Å². The average molecular weight is 402 g/mol. The van der Waals surface area contributed by atoms with Crippen molar-refractivity contribution in [3.05, 3.63) is 84.7 Å². The molecule has 6 rings (SSSR count). The zero-order valence-electron chi connectivity index (χ0n) is 17.8. The van der Waals surface area contributed by atoms with E-state index in [0.29, 0.717) is 0 Å². The van der Waals surface area contributed by atoms with Crippen molar-refractivity contribution in [1.29, 1.82) is 0 Å². The molecule has 2 heterocycles. The smallest absolute Gasteiger partial charge is 0.180 e. The largest absolute Gasteiger partial charge is 0.452 e. The van der Waals surface area contributed by atoms with Crippen LogP contribution >= 0.6 is 0 Å². The first kappa shape index (κ1) is 18.1. The fourth-order valence-corrected chi connectivity index (χ4v) is 4.49. The Morgan fingerprint density at radius 3 is 2.45 bits per heavy atom. The Morgan fingerprint density at radius 2 is 1.58 bits per heavy atom. The van der Waals surface area contributed by atoms with Crippen molar-refractivity contribution in [1.82, 2.24) is 9.97 Å². The number of rotatable bonds is 1. The third-order valence-corrected chi connectivity index (χ3v) is 6.14. The quantitative estimate of drug-likeness (QED) is 0.283. The van der Waals surface area contributed by atoms with Crippen LogP contribution in [0, 0.1) is 0 Å². The van der Waals surface area contributed by atoms with Crippen molar-refractivity contribution >= 4 is 43.6 Å². The lowest BCUT2D eigenvalue weighted by Gasteiger charge is -2.20. The summed E-state index contributed by atoms with van der Waals surface area (Å²) in [5, 5.41) is 5.75. The number of benzene rings is 4. The van der Waals surface area contributed by atoms with Gasteiger partial charge in [0, 0.05) is 5.56 Å². The molecule has 31 heavy (non-hydrogen) atoms. The normalized spacial score (nSPS) is 12.4. The first-order valence-corrected chi connectivity index (χ1v) is 10.6. The van der Waals surface area contributed by atoms with Gasteiger partial charge in [-0.05, 0) is 38.6 Å². The molecule has 0 saturated heterocycles. The molecule has 4 aromatic carbocycles. The van der Waals surface area contributed by atoms with Crippen LogP contribution in [0.2, 0.25) is 0 Å². The lowest BCUT2D eigenvalue weighted by Crippen LogP contribution is -2.10. The van der Waals surface area contributed by atoms with Crippen LogP contribution in [0.15, 0.2) is 83.5 Å². The molecular weight excluding hydrogens is 380 g/mol. The fourth-order valence-electron chi connectivity index (χ4n) is 4.49. The summed E-state index contributed by atoms with van der Waals surface area (Å²) in [6, 6.07) is 25.6. The minimum absolute atomic E-state index is 0.103. The molecule has 0 saturated carbocycles. The number of aromatic nitrogens is 2. The summed E-state index contributed by atoms with van der Waals surface area (Å²) in [5.74, 6) is 0. The van der Waals surface area contributed by atoms with E-state index in [9.17, 15) is 0 Å². The van der Waals surface area contributed by atoms with Crippen LogP contribution in [-0.4, -0.2) is 9.97 Å². The van der Waals surface area contributed by atoms with Crippen LogP contribution < -0.4 is 0 Å².